The summed E-state index contributed by atoms with van der Waals surface area (Å²) in [7, 11) is 0. The van der Waals surface area contributed by atoms with Gasteiger partial charge < -0.3 is 5.11 Å². The lowest BCUT2D eigenvalue weighted by atomic mass is 10.0. The van der Waals surface area contributed by atoms with E-state index < -0.39 is 36.6 Å². The fraction of sp³-hybridized carbons (Fsp3) is 0.429. The third kappa shape index (κ3) is 2.70. The Morgan fingerprint density at radius 1 is 1.27 bits per heavy atom. The van der Waals surface area contributed by atoms with Gasteiger partial charge in [0.1, 0.15) is 5.71 Å². The minimum Gasteiger partial charge on any atom is -0.364 e. The van der Waals surface area contributed by atoms with Gasteiger partial charge in [-0.05, 0) is 37.1 Å². The van der Waals surface area contributed by atoms with Crippen molar-refractivity contribution in [2.75, 3.05) is 0 Å². The lowest BCUT2D eigenvalue weighted by Crippen LogP contribution is -2.51. The highest BCUT2D eigenvalue weighted by atomic mass is 19.3. The van der Waals surface area contributed by atoms with Crippen LogP contribution in [0.2, 0.25) is 0 Å². The molecule has 8 heteroatoms. The summed E-state index contributed by atoms with van der Waals surface area (Å²) in [5, 5.41) is 13.2. The minimum absolute atomic E-state index is 0.0126. The smallest absolute Gasteiger partial charge is 0.287 e. The molecule has 1 aromatic carbocycles. The number of benzene rings is 1. The molecule has 2 rings (SSSR count). The maximum absolute atomic E-state index is 13.1. The van der Waals surface area contributed by atoms with Gasteiger partial charge in [-0.3, -0.25) is 4.79 Å². The Kier molecular flexibility index (Phi) is 4.23. The van der Waals surface area contributed by atoms with Crippen LogP contribution in [0.1, 0.15) is 27.9 Å². The number of hydrogen-bond donors (Lipinski definition) is 1. The van der Waals surface area contributed by atoms with E-state index in [0.29, 0.717) is 0 Å². The molecule has 22 heavy (non-hydrogen) atoms. The summed E-state index contributed by atoms with van der Waals surface area (Å²) in [6.07, 6.45) is -7.63. The minimum atomic E-state index is -3.43. The Balaban J connectivity index is 2.42. The van der Waals surface area contributed by atoms with Crippen LogP contribution in [0, 0.1) is 13.8 Å². The fourth-order valence-corrected chi connectivity index (χ4v) is 2.10. The Hall–Kier alpha value is -1.96. The van der Waals surface area contributed by atoms with Crippen molar-refractivity contribution in [3.8, 4) is 0 Å². The molecule has 1 amide bonds. The third-order valence-electron chi connectivity index (χ3n) is 3.58. The second-order valence-electron chi connectivity index (χ2n) is 5.16. The van der Waals surface area contributed by atoms with E-state index in [2.05, 4.69) is 5.10 Å². The molecule has 1 aliphatic rings. The number of hydrogen-bond acceptors (Lipinski definition) is 3. The fourth-order valence-electron chi connectivity index (χ4n) is 2.10. The van der Waals surface area contributed by atoms with Crippen molar-refractivity contribution < 1.29 is 27.5 Å². The largest absolute Gasteiger partial charge is 0.364 e. The van der Waals surface area contributed by atoms with Gasteiger partial charge in [0.2, 0.25) is 5.72 Å². The monoisotopic (exact) mass is 318 g/mol. The van der Waals surface area contributed by atoms with Gasteiger partial charge in [-0.25, -0.2) is 17.6 Å². The predicted octanol–water partition coefficient (Wildman–Crippen LogP) is 2.72. The van der Waals surface area contributed by atoms with E-state index in [-0.39, 0.29) is 10.6 Å². The first-order valence-electron chi connectivity index (χ1n) is 6.44. The van der Waals surface area contributed by atoms with Gasteiger partial charge in [-0.2, -0.15) is 10.1 Å². The van der Waals surface area contributed by atoms with E-state index >= 15 is 0 Å². The number of aliphatic hydroxyl groups is 1. The van der Waals surface area contributed by atoms with Crippen molar-refractivity contribution in [3.63, 3.8) is 0 Å². The number of aryl methyl sites for hydroxylation is 2. The van der Waals surface area contributed by atoms with Crippen LogP contribution >= 0.6 is 0 Å². The maximum Gasteiger partial charge on any atom is 0.287 e. The number of halogens is 4. The van der Waals surface area contributed by atoms with Gasteiger partial charge >= 0.3 is 0 Å². The number of hydrazone groups is 1. The average molecular weight is 318 g/mol. The number of rotatable bonds is 3. The van der Waals surface area contributed by atoms with E-state index in [9.17, 15) is 27.5 Å². The van der Waals surface area contributed by atoms with E-state index in [1.165, 1.54) is 12.1 Å². The molecule has 0 spiro atoms. The standard InChI is InChI=1S/C14H14F4N2O2/c1-7-3-4-9(5-8(7)2)12(21)20-14(22,13(17)18)6-10(19-20)11(15)16/h3-5,11,13,22H,6H2,1-2H3. The summed E-state index contributed by atoms with van der Waals surface area (Å²) >= 11 is 0. The molecule has 4 nitrogen and oxygen atoms in total. The first kappa shape index (κ1) is 16.4. The molecule has 120 valence electrons. The zero-order chi connectivity index (χ0) is 16.7. The number of alkyl halides is 4. The van der Waals surface area contributed by atoms with Crippen LogP contribution in [0.3, 0.4) is 0 Å². The topological polar surface area (TPSA) is 52.9 Å². The molecule has 0 saturated carbocycles. The molecule has 1 aliphatic heterocycles. The van der Waals surface area contributed by atoms with Gasteiger partial charge in [-0.1, -0.05) is 6.07 Å². The molecule has 0 bridgehead atoms. The quantitative estimate of drug-likeness (QED) is 0.871. The molecule has 1 N–H and O–H groups in total. The average Bonchev–Trinajstić information content (AvgIpc) is 2.81. The molecule has 0 aliphatic carbocycles. The molecule has 0 fully saturated rings. The summed E-state index contributed by atoms with van der Waals surface area (Å²) < 4.78 is 51.5. The second-order valence-corrected chi connectivity index (χ2v) is 5.16. The van der Waals surface area contributed by atoms with Crippen LogP contribution in [0.15, 0.2) is 23.3 Å². The van der Waals surface area contributed by atoms with Crippen molar-refractivity contribution in [1.29, 1.82) is 0 Å². The Morgan fingerprint density at radius 2 is 1.91 bits per heavy atom. The highest BCUT2D eigenvalue weighted by Gasteiger charge is 2.53. The van der Waals surface area contributed by atoms with Gasteiger partial charge in [0, 0.05) is 12.0 Å². The zero-order valence-electron chi connectivity index (χ0n) is 11.9. The Labute approximate surface area is 124 Å². The predicted molar refractivity (Wildman–Crippen MR) is 71.1 cm³/mol. The van der Waals surface area contributed by atoms with Crippen LogP contribution in [0.4, 0.5) is 17.6 Å². The van der Waals surface area contributed by atoms with E-state index in [4.69, 9.17) is 0 Å². The summed E-state index contributed by atoms with van der Waals surface area (Å²) in [6.45, 7) is 3.51. The first-order chi connectivity index (χ1) is 10.2. The van der Waals surface area contributed by atoms with Crippen LogP contribution in [0.5, 0.6) is 0 Å². The van der Waals surface area contributed by atoms with Crippen LogP contribution in [-0.2, 0) is 0 Å². The van der Waals surface area contributed by atoms with E-state index in [1.54, 1.807) is 19.9 Å². The molecular formula is C14H14F4N2O2. The van der Waals surface area contributed by atoms with Crippen molar-refractivity contribution in [3.05, 3.63) is 34.9 Å². The summed E-state index contributed by atoms with van der Waals surface area (Å²) in [4.78, 5) is 12.3. The van der Waals surface area contributed by atoms with Crippen molar-refractivity contribution in [1.82, 2.24) is 5.01 Å². The van der Waals surface area contributed by atoms with Gasteiger partial charge in [-0.15, -0.1) is 0 Å². The molecule has 0 radical (unpaired) electrons. The molecule has 0 saturated heterocycles. The number of carbonyl (C=O) groups is 1. The normalized spacial score (nSPS) is 21.7. The molecule has 1 unspecified atom stereocenters. The number of carbonyl (C=O) groups excluding carboxylic acids is 1. The van der Waals surface area contributed by atoms with Crippen molar-refractivity contribution in [2.24, 2.45) is 5.10 Å². The number of nitrogens with zero attached hydrogens (tertiary/aromatic N) is 2. The lowest BCUT2D eigenvalue weighted by Gasteiger charge is -2.30. The van der Waals surface area contributed by atoms with Gasteiger partial charge in [0.05, 0.1) is 0 Å². The molecule has 1 aromatic rings. The van der Waals surface area contributed by atoms with Crippen molar-refractivity contribution in [2.45, 2.75) is 38.8 Å². The third-order valence-corrected chi connectivity index (χ3v) is 3.58. The Bertz CT molecular complexity index is 633. The van der Waals surface area contributed by atoms with Gasteiger partial charge in [0.25, 0.3) is 18.8 Å². The van der Waals surface area contributed by atoms with Gasteiger partial charge in [0.15, 0.2) is 0 Å². The summed E-state index contributed by atoms with van der Waals surface area (Å²) in [5.74, 6) is -1.05. The summed E-state index contributed by atoms with van der Waals surface area (Å²) in [5.41, 5.74) is -2.41. The molecule has 0 aromatic heterocycles. The zero-order valence-corrected chi connectivity index (χ0v) is 11.9. The first-order valence-corrected chi connectivity index (χ1v) is 6.44. The maximum atomic E-state index is 13.1. The highest BCUT2D eigenvalue weighted by molar-refractivity contribution is 5.99. The van der Waals surface area contributed by atoms with E-state index in [1.807, 2.05) is 0 Å². The lowest BCUT2D eigenvalue weighted by molar-refractivity contribution is -0.164. The number of amides is 1. The van der Waals surface area contributed by atoms with Crippen LogP contribution < -0.4 is 0 Å². The van der Waals surface area contributed by atoms with Crippen LogP contribution in [-0.4, -0.2) is 40.3 Å². The summed E-state index contributed by atoms with van der Waals surface area (Å²) in [6, 6.07) is 4.39. The van der Waals surface area contributed by atoms with Crippen LogP contribution in [0.25, 0.3) is 0 Å². The van der Waals surface area contributed by atoms with E-state index in [0.717, 1.165) is 11.1 Å². The highest BCUT2D eigenvalue weighted by Crippen LogP contribution is 2.34. The second kappa shape index (κ2) is 5.68. The van der Waals surface area contributed by atoms with Crippen molar-refractivity contribution >= 4 is 11.6 Å². The molecular weight excluding hydrogens is 304 g/mol. The molecule has 1 heterocycles. The SMILES string of the molecule is Cc1ccc(C(=O)N2N=C(C(F)F)CC2(O)C(F)F)cc1C. The Morgan fingerprint density at radius 3 is 2.41 bits per heavy atom. The molecule has 1 atom stereocenters.